The molecule has 0 saturated carbocycles. The lowest BCUT2D eigenvalue weighted by Gasteiger charge is -2.35. The van der Waals surface area contributed by atoms with Gasteiger partial charge in [0.1, 0.15) is 17.9 Å². The first-order valence-corrected chi connectivity index (χ1v) is 11.8. The Hall–Kier alpha value is -4.28. The van der Waals surface area contributed by atoms with Crippen LogP contribution in [0.15, 0.2) is 55.1 Å². The van der Waals surface area contributed by atoms with Crippen molar-refractivity contribution in [2.45, 2.75) is 13.0 Å². The summed E-state index contributed by atoms with van der Waals surface area (Å²) in [6.07, 6.45) is 5.76. The third-order valence-corrected chi connectivity index (χ3v) is 6.23. The molecule has 1 fully saturated rings. The number of piperazine rings is 1. The van der Waals surface area contributed by atoms with Crippen molar-refractivity contribution in [3.63, 3.8) is 0 Å². The molecule has 0 unspecified atom stereocenters. The second kappa shape index (κ2) is 10.8. The van der Waals surface area contributed by atoms with Crippen LogP contribution in [0.1, 0.15) is 11.1 Å². The first-order valence-electron chi connectivity index (χ1n) is 11.8. The smallest absolute Gasteiger partial charge is 0.387 e. The molecule has 37 heavy (non-hydrogen) atoms. The number of fused-ring (bicyclic) bond motifs is 1. The number of benzene rings is 2. The minimum Gasteiger partial charge on any atom is -0.493 e. The molecule has 0 bridgehead atoms. The Morgan fingerprint density at radius 1 is 0.811 bits per heavy atom. The lowest BCUT2D eigenvalue weighted by atomic mass is 10.1. The van der Waals surface area contributed by atoms with E-state index in [1.807, 2.05) is 12.1 Å². The molecular formula is C26H26F2N6O3. The highest BCUT2D eigenvalue weighted by Gasteiger charge is 2.22. The van der Waals surface area contributed by atoms with Crippen LogP contribution < -0.4 is 24.0 Å². The van der Waals surface area contributed by atoms with Crippen molar-refractivity contribution < 1.29 is 23.0 Å². The molecule has 0 radical (unpaired) electrons. The van der Waals surface area contributed by atoms with Gasteiger partial charge >= 0.3 is 6.61 Å². The van der Waals surface area contributed by atoms with Crippen LogP contribution in [0.5, 0.6) is 17.2 Å². The van der Waals surface area contributed by atoms with Gasteiger partial charge in [0, 0.05) is 56.4 Å². The maximum absolute atomic E-state index is 12.3. The van der Waals surface area contributed by atoms with Gasteiger partial charge in [-0.1, -0.05) is 12.1 Å². The number of halogens is 2. The topological polar surface area (TPSA) is 85.7 Å². The van der Waals surface area contributed by atoms with Crippen LogP contribution >= 0.6 is 0 Å². The Balaban J connectivity index is 1.23. The fourth-order valence-corrected chi connectivity index (χ4v) is 4.37. The first-order chi connectivity index (χ1) is 18.0. The maximum atomic E-state index is 12.3. The normalized spacial score (nSPS) is 13.8. The highest BCUT2D eigenvalue weighted by Crippen LogP contribution is 2.35. The van der Waals surface area contributed by atoms with E-state index in [0.29, 0.717) is 23.9 Å². The quantitative estimate of drug-likeness (QED) is 0.351. The predicted octanol–water partition coefficient (Wildman–Crippen LogP) is 3.96. The second-order valence-electron chi connectivity index (χ2n) is 8.49. The van der Waals surface area contributed by atoms with Crippen molar-refractivity contribution in [1.82, 2.24) is 19.9 Å². The maximum Gasteiger partial charge on any atom is 0.387 e. The summed E-state index contributed by atoms with van der Waals surface area (Å²) in [6, 6.07) is 10.3. The van der Waals surface area contributed by atoms with E-state index in [2.05, 4.69) is 34.5 Å². The third-order valence-electron chi connectivity index (χ3n) is 6.23. The molecule has 2 aromatic carbocycles. The Labute approximate surface area is 212 Å². The molecule has 0 N–H and O–H groups in total. The number of methoxy groups -OCH3 is 2. The molecule has 2 aromatic heterocycles. The van der Waals surface area contributed by atoms with E-state index in [9.17, 15) is 8.78 Å². The number of nitrogens with zero attached hydrogens (tertiary/aromatic N) is 6. The average molecular weight is 509 g/mol. The van der Waals surface area contributed by atoms with Gasteiger partial charge in [-0.25, -0.2) is 19.9 Å². The summed E-state index contributed by atoms with van der Waals surface area (Å²) in [4.78, 5) is 22.4. The van der Waals surface area contributed by atoms with Gasteiger partial charge in [-0.05, 0) is 29.3 Å². The van der Waals surface area contributed by atoms with Gasteiger partial charge in [-0.3, -0.25) is 0 Å². The second-order valence-corrected chi connectivity index (χ2v) is 8.49. The zero-order valence-corrected chi connectivity index (χ0v) is 20.5. The standard InChI is InChI=1S/C26H26F2N6O3/c1-35-22-12-20-21(13-23(22)36-2)31-16-32-24(20)33-7-9-34(10-8-33)26-29-14-18(15-30-26)11-17-3-5-19(6-4-17)37-25(27)28/h3-6,12-16,25H,7-11H2,1-2H3. The van der Waals surface area contributed by atoms with Crippen LogP contribution in [0.25, 0.3) is 10.9 Å². The predicted molar refractivity (Wildman–Crippen MR) is 135 cm³/mol. The van der Waals surface area contributed by atoms with Gasteiger partial charge in [0.2, 0.25) is 5.95 Å². The van der Waals surface area contributed by atoms with Crippen molar-refractivity contribution in [2.24, 2.45) is 0 Å². The number of anilines is 2. The van der Waals surface area contributed by atoms with Gasteiger partial charge in [-0.15, -0.1) is 0 Å². The van der Waals surface area contributed by atoms with Crippen molar-refractivity contribution in [3.8, 4) is 17.2 Å². The molecular weight excluding hydrogens is 482 g/mol. The van der Waals surface area contributed by atoms with E-state index in [1.165, 1.54) is 12.1 Å². The van der Waals surface area contributed by atoms with Crippen molar-refractivity contribution in [3.05, 3.63) is 66.2 Å². The van der Waals surface area contributed by atoms with Gasteiger partial charge < -0.3 is 24.0 Å². The fraction of sp³-hybridized carbons (Fsp3) is 0.308. The summed E-state index contributed by atoms with van der Waals surface area (Å²) in [7, 11) is 3.21. The molecule has 5 rings (SSSR count). The van der Waals surface area contributed by atoms with E-state index in [1.54, 1.807) is 45.1 Å². The molecule has 0 aliphatic carbocycles. The molecule has 192 valence electrons. The summed E-state index contributed by atoms with van der Waals surface area (Å²) >= 11 is 0. The van der Waals surface area contributed by atoms with Crippen LogP contribution in [-0.4, -0.2) is 66.9 Å². The van der Waals surface area contributed by atoms with Gasteiger partial charge in [0.05, 0.1) is 19.7 Å². The molecule has 11 heteroatoms. The molecule has 3 heterocycles. The number of rotatable bonds is 8. The van der Waals surface area contributed by atoms with Crippen LogP contribution in [-0.2, 0) is 6.42 Å². The van der Waals surface area contributed by atoms with E-state index in [4.69, 9.17) is 9.47 Å². The molecule has 0 amide bonds. The summed E-state index contributed by atoms with van der Waals surface area (Å²) in [5, 5.41) is 0.906. The lowest BCUT2D eigenvalue weighted by molar-refractivity contribution is -0.0498. The average Bonchev–Trinajstić information content (AvgIpc) is 2.93. The molecule has 4 aromatic rings. The fourth-order valence-electron chi connectivity index (χ4n) is 4.37. The summed E-state index contributed by atoms with van der Waals surface area (Å²) in [5.74, 6) is 2.92. The SMILES string of the molecule is COc1cc2ncnc(N3CCN(c4ncc(Cc5ccc(OC(F)F)cc5)cn4)CC3)c2cc1OC. The Kier molecular flexibility index (Phi) is 7.11. The largest absolute Gasteiger partial charge is 0.493 e. The summed E-state index contributed by atoms with van der Waals surface area (Å²) in [6.45, 7) is 0.145. The van der Waals surface area contributed by atoms with Crippen molar-refractivity contribution >= 4 is 22.7 Å². The zero-order chi connectivity index (χ0) is 25.8. The van der Waals surface area contributed by atoms with Gasteiger partial charge in [-0.2, -0.15) is 8.78 Å². The van der Waals surface area contributed by atoms with E-state index in [-0.39, 0.29) is 5.75 Å². The molecule has 1 aliphatic rings. The lowest BCUT2D eigenvalue weighted by Crippen LogP contribution is -2.47. The first kappa shape index (κ1) is 24.4. The Morgan fingerprint density at radius 3 is 2.11 bits per heavy atom. The Bertz CT molecular complexity index is 1350. The van der Waals surface area contributed by atoms with Crippen LogP contribution in [0.2, 0.25) is 0 Å². The molecule has 1 aliphatic heterocycles. The number of aromatic nitrogens is 4. The van der Waals surface area contributed by atoms with Crippen LogP contribution in [0.3, 0.4) is 0 Å². The summed E-state index contributed by atoms with van der Waals surface area (Å²) < 4.78 is 39.9. The van der Waals surface area contributed by atoms with E-state index in [0.717, 1.165) is 54.0 Å². The summed E-state index contributed by atoms with van der Waals surface area (Å²) in [5.41, 5.74) is 2.68. The van der Waals surface area contributed by atoms with Crippen molar-refractivity contribution in [2.75, 3.05) is 50.2 Å². The molecule has 0 spiro atoms. The minimum atomic E-state index is -2.83. The monoisotopic (exact) mass is 508 g/mol. The van der Waals surface area contributed by atoms with E-state index < -0.39 is 6.61 Å². The van der Waals surface area contributed by atoms with Gasteiger partial charge in [0.15, 0.2) is 11.5 Å². The molecule has 9 nitrogen and oxygen atoms in total. The number of ether oxygens (including phenoxy) is 3. The highest BCUT2D eigenvalue weighted by molar-refractivity contribution is 5.92. The third kappa shape index (κ3) is 5.45. The highest BCUT2D eigenvalue weighted by atomic mass is 19.3. The number of alkyl halides is 2. The van der Waals surface area contributed by atoms with Gasteiger partial charge in [0.25, 0.3) is 0 Å². The van der Waals surface area contributed by atoms with Crippen LogP contribution in [0.4, 0.5) is 20.5 Å². The minimum absolute atomic E-state index is 0.137. The molecule has 0 atom stereocenters. The Morgan fingerprint density at radius 2 is 1.46 bits per heavy atom. The van der Waals surface area contributed by atoms with Crippen LogP contribution in [0, 0.1) is 0 Å². The zero-order valence-electron chi connectivity index (χ0n) is 20.5. The van der Waals surface area contributed by atoms with Crippen molar-refractivity contribution in [1.29, 1.82) is 0 Å². The van der Waals surface area contributed by atoms with E-state index >= 15 is 0 Å². The molecule has 1 saturated heterocycles. The number of hydrogen-bond donors (Lipinski definition) is 0. The number of hydrogen-bond acceptors (Lipinski definition) is 9.